The molecule has 4 rings (SSSR count). The van der Waals surface area contributed by atoms with Crippen molar-refractivity contribution in [3.05, 3.63) is 72.6 Å². The van der Waals surface area contributed by atoms with E-state index in [2.05, 4.69) is 25.5 Å². The van der Waals surface area contributed by atoms with E-state index < -0.39 is 0 Å². The van der Waals surface area contributed by atoms with Crippen molar-refractivity contribution in [1.29, 1.82) is 0 Å². The number of hydrazone groups is 1. The molecular weight excluding hydrogens is 366 g/mol. The Morgan fingerprint density at radius 1 is 0.931 bits per heavy atom. The van der Waals surface area contributed by atoms with Gasteiger partial charge in [-0.05, 0) is 36.4 Å². The summed E-state index contributed by atoms with van der Waals surface area (Å²) in [7, 11) is 3.23. The van der Waals surface area contributed by atoms with Gasteiger partial charge in [-0.3, -0.25) is 10.4 Å². The fourth-order valence-electron chi connectivity index (χ4n) is 2.88. The summed E-state index contributed by atoms with van der Waals surface area (Å²) in [6, 6.07) is 17.1. The Balaban J connectivity index is 1.68. The number of hydrogen-bond donors (Lipinski definition) is 1. The maximum atomic E-state index is 5.41. The van der Waals surface area contributed by atoms with E-state index in [0.29, 0.717) is 17.4 Å². The van der Waals surface area contributed by atoms with E-state index in [1.165, 1.54) is 0 Å². The van der Waals surface area contributed by atoms with Gasteiger partial charge in [0.15, 0.2) is 11.6 Å². The first-order valence-electron chi connectivity index (χ1n) is 8.97. The highest BCUT2D eigenvalue weighted by atomic mass is 16.5. The number of para-hydroxylation sites is 1. The minimum Gasteiger partial charge on any atom is -0.497 e. The maximum Gasteiger partial charge on any atom is 0.162 e. The van der Waals surface area contributed by atoms with E-state index >= 15 is 0 Å². The summed E-state index contributed by atoms with van der Waals surface area (Å²) in [5, 5.41) is 5.24. The number of hydrogen-bond acceptors (Lipinski definition) is 7. The van der Waals surface area contributed by atoms with Crippen molar-refractivity contribution in [1.82, 2.24) is 15.0 Å². The normalized spacial score (nSPS) is 11.0. The van der Waals surface area contributed by atoms with Crippen LogP contribution in [-0.2, 0) is 0 Å². The second-order valence-corrected chi connectivity index (χ2v) is 6.13. The van der Waals surface area contributed by atoms with Crippen molar-refractivity contribution < 1.29 is 9.47 Å². The van der Waals surface area contributed by atoms with Gasteiger partial charge in [-0.1, -0.05) is 12.1 Å². The van der Waals surface area contributed by atoms with Crippen LogP contribution in [0, 0.1) is 0 Å². The van der Waals surface area contributed by atoms with E-state index in [9.17, 15) is 0 Å². The summed E-state index contributed by atoms with van der Waals surface area (Å²) in [5.41, 5.74) is 5.57. The van der Waals surface area contributed by atoms with E-state index in [1.54, 1.807) is 32.8 Å². The predicted octanol–water partition coefficient (Wildman–Crippen LogP) is 4.16. The third-order valence-electron chi connectivity index (χ3n) is 4.36. The molecule has 7 nitrogen and oxygen atoms in total. The monoisotopic (exact) mass is 385 g/mol. The number of benzene rings is 2. The molecule has 7 heteroatoms. The number of rotatable bonds is 6. The molecule has 1 N–H and O–H groups in total. The third-order valence-corrected chi connectivity index (χ3v) is 4.36. The SMILES string of the molecule is COc1ccc(C=NNc2nc(-c3ccncc3)nc3ccccc23)c(OC)c1. The largest absolute Gasteiger partial charge is 0.497 e. The van der Waals surface area contributed by atoms with Gasteiger partial charge in [-0.2, -0.15) is 5.10 Å². The lowest BCUT2D eigenvalue weighted by Crippen LogP contribution is -2.00. The molecule has 0 unspecified atom stereocenters. The van der Waals surface area contributed by atoms with Crippen molar-refractivity contribution in [3.63, 3.8) is 0 Å². The standard InChI is InChI=1S/C22H19N5O2/c1-28-17-8-7-16(20(13-17)29-2)14-24-27-22-18-5-3-4-6-19(18)25-21(26-22)15-9-11-23-12-10-15/h3-14H,1-2H3,(H,25,26,27). The minimum absolute atomic E-state index is 0.603. The average molecular weight is 385 g/mol. The van der Waals surface area contributed by atoms with Gasteiger partial charge in [0.25, 0.3) is 0 Å². The van der Waals surface area contributed by atoms with E-state index in [4.69, 9.17) is 9.47 Å². The third kappa shape index (κ3) is 3.98. The highest BCUT2D eigenvalue weighted by Crippen LogP contribution is 2.25. The second kappa shape index (κ2) is 8.35. The summed E-state index contributed by atoms with van der Waals surface area (Å²) in [4.78, 5) is 13.4. The van der Waals surface area contributed by atoms with Crippen LogP contribution in [0.4, 0.5) is 5.82 Å². The first-order chi connectivity index (χ1) is 14.3. The van der Waals surface area contributed by atoms with Crippen LogP contribution in [0.25, 0.3) is 22.3 Å². The Kier molecular flexibility index (Phi) is 5.29. The quantitative estimate of drug-likeness (QED) is 0.397. The molecule has 0 aliphatic rings. The van der Waals surface area contributed by atoms with Gasteiger partial charge < -0.3 is 9.47 Å². The summed E-state index contributed by atoms with van der Waals surface area (Å²) >= 11 is 0. The van der Waals surface area contributed by atoms with Gasteiger partial charge in [0.2, 0.25) is 0 Å². The number of nitrogens with one attached hydrogen (secondary N) is 1. The number of aromatic nitrogens is 3. The molecule has 0 aliphatic carbocycles. The van der Waals surface area contributed by atoms with Gasteiger partial charge in [-0.15, -0.1) is 0 Å². The summed E-state index contributed by atoms with van der Waals surface area (Å²) < 4.78 is 10.6. The first-order valence-corrected chi connectivity index (χ1v) is 8.97. The highest BCUT2D eigenvalue weighted by molar-refractivity contribution is 5.91. The van der Waals surface area contributed by atoms with Gasteiger partial charge in [0, 0.05) is 35.0 Å². The number of nitrogens with zero attached hydrogens (tertiary/aromatic N) is 4. The molecule has 0 spiro atoms. The number of fused-ring (bicyclic) bond motifs is 1. The van der Waals surface area contributed by atoms with Crippen molar-refractivity contribution in [2.24, 2.45) is 5.10 Å². The highest BCUT2D eigenvalue weighted by Gasteiger charge is 2.09. The topological polar surface area (TPSA) is 81.5 Å². The van der Waals surface area contributed by atoms with Crippen LogP contribution in [0.3, 0.4) is 0 Å². The molecule has 4 aromatic rings. The molecule has 0 fully saturated rings. The fourth-order valence-corrected chi connectivity index (χ4v) is 2.88. The summed E-state index contributed by atoms with van der Waals surface area (Å²) in [6.07, 6.45) is 5.12. The minimum atomic E-state index is 0.603. The van der Waals surface area contributed by atoms with Gasteiger partial charge in [0.05, 0.1) is 26.0 Å². The molecule has 2 aromatic carbocycles. The molecule has 144 valence electrons. The van der Waals surface area contributed by atoms with Gasteiger partial charge in [0.1, 0.15) is 11.5 Å². The molecule has 0 atom stereocenters. The molecule has 0 aliphatic heterocycles. The zero-order chi connectivity index (χ0) is 20.1. The van der Waals surface area contributed by atoms with Crippen LogP contribution in [0.5, 0.6) is 11.5 Å². The first kappa shape index (κ1) is 18.4. The lowest BCUT2D eigenvalue weighted by Gasteiger charge is -2.09. The molecule has 0 amide bonds. The smallest absolute Gasteiger partial charge is 0.162 e. The van der Waals surface area contributed by atoms with Gasteiger partial charge in [-0.25, -0.2) is 9.97 Å². The van der Waals surface area contributed by atoms with Crippen molar-refractivity contribution in [3.8, 4) is 22.9 Å². The van der Waals surface area contributed by atoms with Crippen LogP contribution in [-0.4, -0.2) is 35.4 Å². The van der Waals surface area contributed by atoms with E-state index in [0.717, 1.165) is 27.8 Å². The van der Waals surface area contributed by atoms with Gasteiger partial charge >= 0.3 is 0 Å². The number of pyridine rings is 1. The Morgan fingerprint density at radius 3 is 2.55 bits per heavy atom. The lowest BCUT2D eigenvalue weighted by atomic mass is 10.2. The molecule has 2 heterocycles. The molecule has 2 aromatic heterocycles. The fraction of sp³-hybridized carbons (Fsp3) is 0.0909. The second-order valence-electron chi connectivity index (χ2n) is 6.13. The Labute approximate surface area is 168 Å². The van der Waals surface area contributed by atoms with Crippen LogP contribution in [0.1, 0.15) is 5.56 Å². The molecule has 0 bridgehead atoms. The average Bonchev–Trinajstić information content (AvgIpc) is 2.79. The summed E-state index contributed by atoms with van der Waals surface area (Å²) in [5.74, 6) is 2.60. The van der Waals surface area contributed by atoms with Crippen LogP contribution < -0.4 is 14.9 Å². The molecule has 0 saturated heterocycles. The Morgan fingerprint density at radius 2 is 1.76 bits per heavy atom. The molecule has 0 radical (unpaired) electrons. The number of ether oxygens (including phenoxy) is 2. The van der Waals surface area contributed by atoms with Crippen molar-refractivity contribution >= 4 is 22.9 Å². The zero-order valence-corrected chi connectivity index (χ0v) is 16.0. The summed E-state index contributed by atoms with van der Waals surface area (Å²) in [6.45, 7) is 0. The van der Waals surface area contributed by atoms with E-state index in [-0.39, 0.29) is 0 Å². The number of anilines is 1. The van der Waals surface area contributed by atoms with Crippen molar-refractivity contribution in [2.45, 2.75) is 0 Å². The molecular formula is C22H19N5O2. The van der Waals surface area contributed by atoms with Crippen LogP contribution in [0.15, 0.2) is 72.1 Å². The Hall–Kier alpha value is -4.00. The number of methoxy groups -OCH3 is 2. The molecule has 0 saturated carbocycles. The van der Waals surface area contributed by atoms with Crippen molar-refractivity contribution in [2.75, 3.05) is 19.6 Å². The lowest BCUT2D eigenvalue weighted by molar-refractivity contribution is 0.394. The molecule has 29 heavy (non-hydrogen) atoms. The van der Waals surface area contributed by atoms with Crippen LogP contribution >= 0.6 is 0 Å². The Bertz CT molecular complexity index is 1160. The zero-order valence-electron chi connectivity index (χ0n) is 16.0. The van der Waals surface area contributed by atoms with Crippen LogP contribution in [0.2, 0.25) is 0 Å². The van der Waals surface area contributed by atoms with E-state index in [1.807, 2.05) is 54.6 Å². The maximum absolute atomic E-state index is 5.41. The predicted molar refractivity (Wildman–Crippen MR) is 114 cm³/mol.